The molecule has 0 fully saturated rings. The molecule has 4 heteroatoms. The topological polar surface area (TPSA) is 66.7 Å². The van der Waals surface area contributed by atoms with E-state index in [9.17, 15) is 0 Å². The molecule has 0 atom stereocenters. The van der Waals surface area contributed by atoms with Crippen LogP contribution in [0, 0.1) is 0 Å². The summed E-state index contributed by atoms with van der Waals surface area (Å²) >= 11 is 0. The third kappa shape index (κ3) is 2.62. The number of aromatic nitrogens is 2. The number of fused-ring (bicyclic) bond motifs is 1. The summed E-state index contributed by atoms with van der Waals surface area (Å²) in [7, 11) is 0. The predicted octanol–water partition coefficient (Wildman–Crippen LogP) is 4.56. The molecule has 0 bridgehead atoms. The molecule has 112 valence electrons. The fourth-order valence-electron chi connectivity index (χ4n) is 2.78. The second kappa shape index (κ2) is 5.50. The molecule has 2 aromatic heterocycles. The van der Waals surface area contributed by atoms with Crippen molar-refractivity contribution in [2.24, 2.45) is 0 Å². The molecule has 0 aliphatic carbocycles. The van der Waals surface area contributed by atoms with Crippen LogP contribution in [0.1, 0.15) is 0 Å². The van der Waals surface area contributed by atoms with Crippen LogP contribution in [0.3, 0.4) is 0 Å². The number of pyridine rings is 1. The number of hydrogen-bond donors (Lipinski definition) is 3. The second-order valence-corrected chi connectivity index (χ2v) is 5.46. The average Bonchev–Trinajstić information content (AvgIpc) is 3.03. The van der Waals surface area contributed by atoms with Crippen molar-refractivity contribution in [3.63, 3.8) is 0 Å². The number of nitrogens with two attached hydrogens (primary N) is 1. The highest BCUT2D eigenvalue weighted by molar-refractivity contribution is 5.95. The summed E-state index contributed by atoms with van der Waals surface area (Å²) in [6.45, 7) is 0. The van der Waals surface area contributed by atoms with Gasteiger partial charge in [0.1, 0.15) is 0 Å². The van der Waals surface area contributed by atoms with Gasteiger partial charge in [-0.25, -0.2) is 0 Å². The molecule has 0 spiro atoms. The lowest BCUT2D eigenvalue weighted by atomic mass is 10.0. The quantitative estimate of drug-likeness (QED) is 0.486. The molecular formula is C19H16N4. The molecule has 0 aliphatic rings. The van der Waals surface area contributed by atoms with E-state index in [1.807, 2.05) is 48.9 Å². The van der Waals surface area contributed by atoms with Gasteiger partial charge in [0.15, 0.2) is 0 Å². The van der Waals surface area contributed by atoms with E-state index in [-0.39, 0.29) is 0 Å². The normalized spacial score (nSPS) is 10.8. The van der Waals surface area contributed by atoms with Crippen LogP contribution in [0.2, 0.25) is 0 Å². The fraction of sp³-hybridized carbons (Fsp3) is 0. The van der Waals surface area contributed by atoms with Crippen LogP contribution in [-0.4, -0.2) is 9.97 Å². The van der Waals surface area contributed by atoms with Gasteiger partial charge in [0.2, 0.25) is 0 Å². The maximum atomic E-state index is 5.82. The van der Waals surface area contributed by atoms with E-state index in [4.69, 9.17) is 5.73 Å². The first-order valence-corrected chi connectivity index (χ1v) is 7.44. The minimum atomic E-state index is 0.733. The van der Waals surface area contributed by atoms with E-state index in [2.05, 4.69) is 39.6 Å². The summed E-state index contributed by atoms with van der Waals surface area (Å²) in [5.74, 6) is 0. The number of anilines is 3. The second-order valence-electron chi connectivity index (χ2n) is 5.46. The van der Waals surface area contributed by atoms with Crippen molar-refractivity contribution in [1.82, 2.24) is 9.97 Å². The Kier molecular flexibility index (Phi) is 3.20. The monoisotopic (exact) mass is 300 g/mol. The van der Waals surface area contributed by atoms with E-state index >= 15 is 0 Å². The molecule has 4 N–H and O–H groups in total. The smallest absolute Gasteiger partial charge is 0.0576 e. The van der Waals surface area contributed by atoms with E-state index < -0.39 is 0 Å². The Morgan fingerprint density at radius 3 is 2.74 bits per heavy atom. The molecular weight excluding hydrogens is 284 g/mol. The number of nitrogens with zero attached hydrogens (tertiary/aromatic N) is 1. The number of nitrogen functional groups attached to an aromatic ring is 1. The summed E-state index contributed by atoms with van der Waals surface area (Å²) in [6, 6.07) is 18.1. The lowest BCUT2D eigenvalue weighted by Crippen LogP contribution is -1.93. The number of benzene rings is 2. The van der Waals surface area contributed by atoms with Gasteiger partial charge in [-0.1, -0.05) is 18.2 Å². The standard InChI is InChI=1S/C19H16N4/c20-14-3-1-4-15(10-14)23-16-9-13(11-21-12-16)17-5-2-6-19-18(17)7-8-22-19/h1-12,22-23H,20H2. The van der Waals surface area contributed by atoms with E-state index in [0.717, 1.165) is 33.7 Å². The first kappa shape index (κ1) is 13.4. The van der Waals surface area contributed by atoms with Crippen LogP contribution in [0.4, 0.5) is 17.1 Å². The summed E-state index contributed by atoms with van der Waals surface area (Å²) in [6.07, 6.45) is 5.65. The lowest BCUT2D eigenvalue weighted by molar-refractivity contribution is 1.32. The molecule has 2 heterocycles. The molecule has 0 amide bonds. The number of rotatable bonds is 3. The predicted molar refractivity (Wildman–Crippen MR) is 95.7 cm³/mol. The van der Waals surface area contributed by atoms with Gasteiger partial charge in [0.25, 0.3) is 0 Å². The zero-order valence-electron chi connectivity index (χ0n) is 12.5. The minimum Gasteiger partial charge on any atom is -0.399 e. The Morgan fingerprint density at radius 2 is 1.83 bits per heavy atom. The number of H-pyrrole nitrogens is 1. The minimum absolute atomic E-state index is 0.733. The van der Waals surface area contributed by atoms with Crippen LogP contribution in [0.25, 0.3) is 22.0 Å². The van der Waals surface area contributed by atoms with Gasteiger partial charge in [-0.3, -0.25) is 4.98 Å². The Balaban J connectivity index is 1.73. The Morgan fingerprint density at radius 1 is 0.913 bits per heavy atom. The lowest BCUT2D eigenvalue weighted by Gasteiger charge is -2.09. The fourth-order valence-corrected chi connectivity index (χ4v) is 2.78. The highest BCUT2D eigenvalue weighted by atomic mass is 14.9. The maximum Gasteiger partial charge on any atom is 0.0576 e. The van der Waals surface area contributed by atoms with Crippen LogP contribution < -0.4 is 11.1 Å². The summed E-state index contributed by atoms with van der Waals surface area (Å²) < 4.78 is 0. The SMILES string of the molecule is Nc1cccc(Nc2cncc(-c3cccc4[nH]ccc34)c2)c1. The third-order valence-electron chi connectivity index (χ3n) is 3.82. The van der Waals surface area contributed by atoms with Crippen molar-refractivity contribution < 1.29 is 0 Å². The summed E-state index contributed by atoms with van der Waals surface area (Å²) in [5.41, 5.74) is 11.8. The Hall–Kier alpha value is -3.27. The molecule has 4 rings (SSSR count). The Labute approximate surface area is 134 Å². The van der Waals surface area contributed by atoms with Crippen molar-refractivity contribution in [1.29, 1.82) is 0 Å². The van der Waals surface area contributed by atoms with Crippen LogP contribution >= 0.6 is 0 Å². The van der Waals surface area contributed by atoms with Crippen LogP contribution in [-0.2, 0) is 0 Å². The van der Waals surface area contributed by atoms with Crippen molar-refractivity contribution in [3.05, 3.63) is 73.2 Å². The number of nitrogens with one attached hydrogen (secondary N) is 2. The molecule has 0 saturated heterocycles. The highest BCUT2D eigenvalue weighted by Crippen LogP contribution is 2.29. The van der Waals surface area contributed by atoms with Crippen molar-refractivity contribution in [3.8, 4) is 11.1 Å². The first-order valence-electron chi connectivity index (χ1n) is 7.44. The van der Waals surface area contributed by atoms with Crippen LogP contribution in [0.15, 0.2) is 73.2 Å². The van der Waals surface area contributed by atoms with Gasteiger partial charge in [0.05, 0.1) is 11.9 Å². The van der Waals surface area contributed by atoms with E-state index in [1.165, 1.54) is 5.39 Å². The molecule has 2 aromatic carbocycles. The number of hydrogen-bond acceptors (Lipinski definition) is 3. The Bertz CT molecular complexity index is 972. The van der Waals surface area contributed by atoms with Gasteiger partial charge in [-0.15, -0.1) is 0 Å². The molecule has 0 radical (unpaired) electrons. The zero-order chi connectivity index (χ0) is 15.6. The molecule has 0 unspecified atom stereocenters. The van der Waals surface area contributed by atoms with E-state index in [1.54, 1.807) is 0 Å². The van der Waals surface area contributed by atoms with Crippen molar-refractivity contribution >= 4 is 28.0 Å². The summed E-state index contributed by atoms with van der Waals surface area (Å²) in [5, 5.41) is 4.54. The molecule has 4 nitrogen and oxygen atoms in total. The largest absolute Gasteiger partial charge is 0.399 e. The summed E-state index contributed by atoms with van der Waals surface area (Å²) in [4.78, 5) is 7.61. The zero-order valence-corrected chi connectivity index (χ0v) is 12.5. The van der Waals surface area contributed by atoms with E-state index in [0.29, 0.717) is 0 Å². The van der Waals surface area contributed by atoms with Gasteiger partial charge in [0, 0.05) is 40.2 Å². The third-order valence-corrected chi connectivity index (χ3v) is 3.82. The number of aromatic amines is 1. The molecule has 0 aliphatic heterocycles. The molecule has 4 aromatic rings. The van der Waals surface area contributed by atoms with Gasteiger partial charge in [-0.05, 0) is 42.0 Å². The highest BCUT2D eigenvalue weighted by Gasteiger charge is 2.06. The average molecular weight is 300 g/mol. The van der Waals surface area contributed by atoms with Crippen molar-refractivity contribution in [2.45, 2.75) is 0 Å². The van der Waals surface area contributed by atoms with Gasteiger partial charge < -0.3 is 16.0 Å². The van der Waals surface area contributed by atoms with Crippen LogP contribution in [0.5, 0.6) is 0 Å². The van der Waals surface area contributed by atoms with Crippen molar-refractivity contribution in [2.75, 3.05) is 11.1 Å². The maximum absolute atomic E-state index is 5.82. The van der Waals surface area contributed by atoms with Gasteiger partial charge >= 0.3 is 0 Å². The molecule has 23 heavy (non-hydrogen) atoms. The van der Waals surface area contributed by atoms with Gasteiger partial charge in [-0.2, -0.15) is 0 Å². The molecule has 0 saturated carbocycles. The first-order chi connectivity index (χ1) is 11.3.